The minimum Gasteiger partial charge on any atom is -0.507 e. The van der Waals surface area contributed by atoms with Crippen LogP contribution in [0.15, 0.2) is 71.2 Å². The molecule has 0 unspecified atom stereocenters. The quantitative estimate of drug-likeness (QED) is 0.441. The maximum Gasteiger partial charge on any atom is 0.261 e. The molecule has 5 nitrogen and oxygen atoms in total. The number of nitrogens with zero attached hydrogens (tertiary/aromatic N) is 1. The largest absolute Gasteiger partial charge is 0.507 e. The second-order valence-electron chi connectivity index (χ2n) is 6.86. The van der Waals surface area contributed by atoms with E-state index in [2.05, 4.69) is 15.9 Å². The van der Waals surface area contributed by atoms with Crippen molar-refractivity contribution in [2.45, 2.75) is 6.54 Å². The highest BCUT2D eigenvalue weighted by atomic mass is 79.9. The number of hydrogen-bond acceptors (Lipinski definition) is 4. The number of imide groups is 1. The van der Waals surface area contributed by atoms with Crippen LogP contribution in [0.1, 0.15) is 27.0 Å². The summed E-state index contributed by atoms with van der Waals surface area (Å²) in [5.41, 5.74) is 3.06. The number of carbonyl (C=O) groups is 2. The molecule has 0 fully saturated rings. The van der Waals surface area contributed by atoms with Gasteiger partial charge in [-0.25, -0.2) is 0 Å². The molecule has 30 heavy (non-hydrogen) atoms. The third-order valence-electron chi connectivity index (χ3n) is 4.95. The number of benzene rings is 3. The van der Waals surface area contributed by atoms with Crippen molar-refractivity contribution in [2.24, 2.45) is 0 Å². The second kappa shape index (κ2) is 8.16. The zero-order valence-electron chi connectivity index (χ0n) is 16.1. The van der Waals surface area contributed by atoms with Crippen LogP contribution in [0.3, 0.4) is 0 Å². The van der Waals surface area contributed by atoms with Gasteiger partial charge in [0.25, 0.3) is 11.8 Å². The van der Waals surface area contributed by atoms with Gasteiger partial charge in [-0.15, -0.1) is 0 Å². The summed E-state index contributed by atoms with van der Waals surface area (Å²) in [7, 11) is 1.59. The van der Waals surface area contributed by atoms with Crippen LogP contribution in [-0.2, 0) is 11.3 Å². The molecule has 4 rings (SSSR count). The molecule has 1 N–H and O–H groups in total. The van der Waals surface area contributed by atoms with Crippen molar-refractivity contribution >= 4 is 39.4 Å². The van der Waals surface area contributed by atoms with E-state index < -0.39 is 0 Å². The van der Waals surface area contributed by atoms with Crippen molar-refractivity contribution in [3.05, 3.63) is 93.5 Å². The van der Waals surface area contributed by atoms with Crippen molar-refractivity contribution in [3.8, 4) is 11.5 Å². The van der Waals surface area contributed by atoms with Crippen LogP contribution in [0.2, 0.25) is 0 Å². The number of hydrogen-bond donors (Lipinski definition) is 1. The fourth-order valence-electron chi connectivity index (χ4n) is 3.38. The van der Waals surface area contributed by atoms with Crippen LogP contribution in [-0.4, -0.2) is 28.9 Å². The molecular formula is C24H18BrNO4. The molecule has 1 aliphatic heterocycles. The molecule has 1 heterocycles. The summed E-state index contributed by atoms with van der Waals surface area (Å²) in [4.78, 5) is 27.7. The van der Waals surface area contributed by atoms with E-state index in [4.69, 9.17) is 4.74 Å². The first-order chi connectivity index (χ1) is 14.5. The molecule has 2 amide bonds. The van der Waals surface area contributed by atoms with Gasteiger partial charge in [0.05, 0.1) is 18.1 Å². The molecular weight excluding hydrogens is 446 g/mol. The Morgan fingerprint density at radius 1 is 0.967 bits per heavy atom. The summed E-state index contributed by atoms with van der Waals surface area (Å²) in [6, 6.07) is 19.3. The molecule has 0 aliphatic carbocycles. The number of ether oxygens (including phenoxy) is 1. The van der Waals surface area contributed by atoms with Crippen LogP contribution < -0.4 is 4.74 Å². The normalized spacial score (nSPS) is 14.7. The van der Waals surface area contributed by atoms with Gasteiger partial charge in [-0.05, 0) is 69.0 Å². The van der Waals surface area contributed by atoms with Gasteiger partial charge in [0.2, 0.25) is 0 Å². The van der Waals surface area contributed by atoms with Crippen LogP contribution in [0.25, 0.3) is 11.6 Å². The first-order valence-corrected chi connectivity index (χ1v) is 10.1. The van der Waals surface area contributed by atoms with Crippen LogP contribution >= 0.6 is 15.9 Å². The van der Waals surface area contributed by atoms with Gasteiger partial charge in [-0.1, -0.05) is 36.4 Å². The van der Waals surface area contributed by atoms with E-state index in [0.717, 1.165) is 11.1 Å². The lowest BCUT2D eigenvalue weighted by atomic mass is 9.91. The monoisotopic (exact) mass is 463 g/mol. The SMILES string of the molecule is COc1ccc(CN2C(=O)/C(=C\c3ccc(O)c(Br)c3)c3ccccc3C2=O)cc1. The van der Waals surface area contributed by atoms with Crippen molar-refractivity contribution in [2.75, 3.05) is 7.11 Å². The first-order valence-electron chi connectivity index (χ1n) is 9.26. The van der Waals surface area contributed by atoms with Crippen LogP contribution in [0.4, 0.5) is 0 Å². The summed E-state index contributed by atoms with van der Waals surface area (Å²) < 4.78 is 5.70. The summed E-state index contributed by atoms with van der Waals surface area (Å²) in [6.45, 7) is 0.159. The molecule has 0 radical (unpaired) electrons. The number of fused-ring (bicyclic) bond motifs is 1. The molecule has 0 aromatic heterocycles. The fraction of sp³-hybridized carbons (Fsp3) is 0.0833. The average Bonchev–Trinajstić information content (AvgIpc) is 2.77. The zero-order valence-corrected chi connectivity index (χ0v) is 17.7. The summed E-state index contributed by atoms with van der Waals surface area (Å²) in [5, 5.41) is 9.74. The standard InChI is InChI=1S/C24H18BrNO4/c1-30-17-9-6-15(7-10-17)14-26-23(28)19-5-3-2-4-18(19)20(24(26)29)12-16-8-11-22(27)21(25)13-16/h2-13,27H,14H2,1H3/b20-12-. The van der Waals surface area contributed by atoms with Gasteiger partial charge in [0, 0.05) is 11.1 Å². The number of rotatable bonds is 4. The Bertz CT molecular complexity index is 1170. The van der Waals surface area contributed by atoms with Crippen molar-refractivity contribution in [1.82, 2.24) is 4.90 Å². The minimum absolute atomic E-state index is 0.115. The van der Waals surface area contributed by atoms with E-state index in [0.29, 0.717) is 26.9 Å². The third-order valence-corrected chi connectivity index (χ3v) is 5.59. The number of aromatic hydroxyl groups is 1. The number of halogens is 1. The Hall–Kier alpha value is -3.38. The lowest BCUT2D eigenvalue weighted by molar-refractivity contribution is -0.123. The average molecular weight is 464 g/mol. The summed E-state index contributed by atoms with van der Waals surface area (Å²) in [5.74, 6) is 0.136. The minimum atomic E-state index is -0.362. The molecule has 1 aliphatic rings. The third kappa shape index (κ3) is 3.74. The molecule has 3 aromatic rings. The smallest absolute Gasteiger partial charge is 0.261 e. The fourth-order valence-corrected chi connectivity index (χ4v) is 3.78. The molecule has 0 atom stereocenters. The molecule has 0 saturated heterocycles. The Kier molecular flexibility index (Phi) is 5.42. The van der Waals surface area contributed by atoms with E-state index in [1.165, 1.54) is 4.90 Å². The first kappa shape index (κ1) is 19.9. The highest BCUT2D eigenvalue weighted by molar-refractivity contribution is 9.10. The Labute approximate surface area is 182 Å². The summed E-state index contributed by atoms with van der Waals surface area (Å²) >= 11 is 3.30. The second-order valence-corrected chi connectivity index (χ2v) is 7.71. The van der Waals surface area contributed by atoms with E-state index >= 15 is 0 Å². The van der Waals surface area contributed by atoms with E-state index in [1.807, 2.05) is 12.1 Å². The molecule has 0 saturated carbocycles. The van der Waals surface area contributed by atoms with Crippen molar-refractivity contribution in [3.63, 3.8) is 0 Å². The van der Waals surface area contributed by atoms with Crippen molar-refractivity contribution in [1.29, 1.82) is 0 Å². The Morgan fingerprint density at radius 2 is 1.67 bits per heavy atom. The summed E-state index contributed by atoms with van der Waals surface area (Å²) in [6.07, 6.45) is 1.73. The van der Waals surface area contributed by atoms with Gasteiger partial charge in [-0.2, -0.15) is 0 Å². The maximum atomic E-state index is 13.3. The Balaban J connectivity index is 1.76. The lowest BCUT2D eigenvalue weighted by Crippen LogP contribution is -2.41. The highest BCUT2D eigenvalue weighted by Crippen LogP contribution is 2.33. The topological polar surface area (TPSA) is 66.8 Å². The van der Waals surface area contributed by atoms with Gasteiger partial charge in [-0.3, -0.25) is 14.5 Å². The van der Waals surface area contributed by atoms with Crippen LogP contribution in [0.5, 0.6) is 11.5 Å². The van der Waals surface area contributed by atoms with Crippen molar-refractivity contribution < 1.29 is 19.4 Å². The van der Waals surface area contributed by atoms with Gasteiger partial charge in [0.1, 0.15) is 11.5 Å². The molecule has 6 heteroatoms. The van der Waals surface area contributed by atoms with Gasteiger partial charge >= 0.3 is 0 Å². The number of phenolic OH excluding ortho intramolecular Hbond substituents is 1. The number of amides is 2. The predicted molar refractivity (Wildman–Crippen MR) is 118 cm³/mol. The van der Waals surface area contributed by atoms with Crippen LogP contribution in [0, 0.1) is 0 Å². The van der Waals surface area contributed by atoms with Gasteiger partial charge in [0.15, 0.2) is 0 Å². The molecule has 0 bridgehead atoms. The maximum absolute atomic E-state index is 13.3. The van der Waals surface area contributed by atoms with E-state index in [9.17, 15) is 14.7 Å². The van der Waals surface area contributed by atoms with Gasteiger partial charge < -0.3 is 9.84 Å². The number of methoxy groups -OCH3 is 1. The number of phenols is 1. The highest BCUT2D eigenvalue weighted by Gasteiger charge is 2.34. The molecule has 3 aromatic carbocycles. The number of carbonyl (C=O) groups excluding carboxylic acids is 2. The molecule has 0 spiro atoms. The predicted octanol–water partition coefficient (Wildman–Crippen LogP) is 4.89. The zero-order chi connectivity index (χ0) is 21.3. The molecule has 150 valence electrons. The lowest BCUT2D eigenvalue weighted by Gasteiger charge is -2.29. The Morgan fingerprint density at radius 3 is 2.33 bits per heavy atom. The van der Waals surface area contributed by atoms with E-state index in [-0.39, 0.29) is 24.1 Å². The van der Waals surface area contributed by atoms with E-state index in [1.54, 1.807) is 67.8 Å².